The molecule has 1 aliphatic rings. The molecular formula is C20H26Cl2N2O5. The molecule has 1 N–H and O–H groups in total. The maximum Gasteiger partial charge on any atom is 0.308 e. The first-order valence-corrected chi connectivity index (χ1v) is 10.3. The molecule has 0 bridgehead atoms. The van der Waals surface area contributed by atoms with Gasteiger partial charge in [-0.1, -0.05) is 37.0 Å². The summed E-state index contributed by atoms with van der Waals surface area (Å²) in [6.07, 6.45) is -0.374. The smallest absolute Gasteiger partial charge is 0.308 e. The number of hydrogen-bond acceptors (Lipinski definition) is 5. The van der Waals surface area contributed by atoms with E-state index in [9.17, 15) is 14.4 Å². The molecule has 1 saturated heterocycles. The van der Waals surface area contributed by atoms with Crippen LogP contribution < -0.4 is 10.1 Å². The van der Waals surface area contributed by atoms with Crippen molar-refractivity contribution in [3.05, 3.63) is 28.2 Å². The van der Waals surface area contributed by atoms with Crippen molar-refractivity contribution in [2.24, 2.45) is 5.92 Å². The highest BCUT2D eigenvalue weighted by Gasteiger charge is 2.37. The van der Waals surface area contributed by atoms with Gasteiger partial charge in [-0.05, 0) is 37.5 Å². The van der Waals surface area contributed by atoms with Gasteiger partial charge in [0.25, 0.3) is 5.91 Å². The van der Waals surface area contributed by atoms with Crippen LogP contribution in [-0.2, 0) is 19.1 Å². The number of esters is 1. The number of benzene rings is 1. The highest BCUT2D eigenvalue weighted by molar-refractivity contribution is 6.35. The Balaban J connectivity index is 2.03. The summed E-state index contributed by atoms with van der Waals surface area (Å²) >= 11 is 12.0. The average molecular weight is 445 g/mol. The number of hydrogen-bond donors (Lipinski definition) is 1. The summed E-state index contributed by atoms with van der Waals surface area (Å²) in [6, 6.07) is 3.75. The zero-order valence-electron chi connectivity index (χ0n) is 16.7. The fourth-order valence-electron chi connectivity index (χ4n) is 2.85. The molecule has 1 aliphatic heterocycles. The molecule has 1 heterocycles. The second-order valence-electron chi connectivity index (χ2n) is 7.28. The number of nitrogens with one attached hydrogen (secondary N) is 1. The third kappa shape index (κ3) is 6.78. The van der Waals surface area contributed by atoms with E-state index in [2.05, 4.69) is 5.32 Å². The van der Waals surface area contributed by atoms with Gasteiger partial charge in [-0.25, -0.2) is 0 Å². The van der Waals surface area contributed by atoms with Crippen molar-refractivity contribution in [2.75, 3.05) is 19.7 Å². The third-order valence-corrected chi connectivity index (χ3v) is 5.01. The highest BCUT2D eigenvalue weighted by Crippen LogP contribution is 2.28. The van der Waals surface area contributed by atoms with Crippen LogP contribution in [0, 0.1) is 5.92 Å². The van der Waals surface area contributed by atoms with Crippen molar-refractivity contribution in [1.29, 1.82) is 0 Å². The Hall–Kier alpha value is -1.99. The Labute approximate surface area is 180 Å². The zero-order valence-corrected chi connectivity index (χ0v) is 18.3. The van der Waals surface area contributed by atoms with Crippen molar-refractivity contribution < 1.29 is 23.9 Å². The molecule has 0 spiro atoms. The van der Waals surface area contributed by atoms with E-state index in [0.717, 1.165) is 6.42 Å². The summed E-state index contributed by atoms with van der Waals surface area (Å²) in [7, 11) is 0. The molecule has 1 fully saturated rings. The number of halogens is 2. The fourth-order valence-corrected chi connectivity index (χ4v) is 3.30. The standard InChI is InChI=1S/C20H26Cl2N2O5/c1-12(2)6-9-28-18(25)11-16-19(26)23-7-8-24(16)20(27)13(3)29-17-5-4-14(21)10-15(17)22/h4-5,10,12-13,16H,6-9,11H2,1-3H3,(H,23,26). The van der Waals surface area contributed by atoms with E-state index in [4.69, 9.17) is 32.7 Å². The van der Waals surface area contributed by atoms with Crippen LogP contribution in [0.15, 0.2) is 18.2 Å². The second kappa shape index (κ2) is 10.7. The topological polar surface area (TPSA) is 84.9 Å². The van der Waals surface area contributed by atoms with E-state index >= 15 is 0 Å². The quantitative estimate of drug-likeness (QED) is 0.622. The molecule has 2 atom stereocenters. The molecule has 0 radical (unpaired) electrons. The van der Waals surface area contributed by atoms with Gasteiger partial charge >= 0.3 is 5.97 Å². The number of piperazine rings is 1. The van der Waals surface area contributed by atoms with Crippen molar-refractivity contribution in [3.8, 4) is 5.75 Å². The van der Waals surface area contributed by atoms with Gasteiger partial charge in [-0.3, -0.25) is 14.4 Å². The first-order valence-electron chi connectivity index (χ1n) is 9.54. The van der Waals surface area contributed by atoms with Crippen LogP contribution in [0.1, 0.15) is 33.6 Å². The minimum atomic E-state index is -0.936. The number of rotatable bonds is 8. The molecule has 0 aromatic heterocycles. The van der Waals surface area contributed by atoms with E-state index in [-0.39, 0.29) is 30.5 Å². The largest absolute Gasteiger partial charge is 0.479 e. The van der Waals surface area contributed by atoms with Crippen LogP contribution in [0.3, 0.4) is 0 Å². The van der Waals surface area contributed by atoms with Crippen LogP contribution in [0.2, 0.25) is 10.0 Å². The molecular weight excluding hydrogens is 419 g/mol. The molecule has 0 aliphatic carbocycles. The number of carbonyl (C=O) groups excluding carboxylic acids is 3. The predicted octanol–water partition coefficient (Wildman–Crippen LogP) is 3.07. The van der Waals surface area contributed by atoms with Gasteiger partial charge in [0.1, 0.15) is 11.8 Å². The Kier molecular flexibility index (Phi) is 8.59. The van der Waals surface area contributed by atoms with Crippen LogP contribution in [0.5, 0.6) is 5.75 Å². The number of amides is 2. The summed E-state index contributed by atoms with van der Waals surface area (Å²) < 4.78 is 10.9. The van der Waals surface area contributed by atoms with E-state index in [0.29, 0.717) is 23.2 Å². The van der Waals surface area contributed by atoms with Crippen LogP contribution in [-0.4, -0.2) is 54.5 Å². The van der Waals surface area contributed by atoms with Gasteiger partial charge in [0, 0.05) is 18.1 Å². The molecule has 29 heavy (non-hydrogen) atoms. The minimum absolute atomic E-state index is 0.204. The van der Waals surface area contributed by atoms with Gasteiger partial charge in [0.2, 0.25) is 5.91 Å². The second-order valence-corrected chi connectivity index (χ2v) is 8.12. The molecule has 2 amide bonds. The van der Waals surface area contributed by atoms with Gasteiger partial charge in [0.05, 0.1) is 18.1 Å². The molecule has 1 aromatic rings. The van der Waals surface area contributed by atoms with E-state index in [1.54, 1.807) is 19.1 Å². The van der Waals surface area contributed by atoms with Crippen molar-refractivity contribution in [2.45, 2.75) is 45.8 Å². The summed E-state index contributed by atoms with van der Waals surface area (Å²) in [6.45, 7) is 6.48. The summed E-state index contributed by atoms with van der Waals surface area (Å²) in [5.74, 6) is -0.604. The molecule has 2 rings (SSSR count). The van der Waals surface area contributed by atoms with Gasteiger partial charge in [0.15, 0.2) is 6.10 Å². The van der Waals surface area contributed by atoms with Crippen LogP contribution >= 0.6 is 23.2 Å². The minimum Gasteiger partial charge on any atom is -0.479 e. The first-order chi connectivity index (χ1) is 13.7. The predicted molar refractivity (Wildman–Crippen MR) is 110 cm³/mol. The number of carbonyl (C=O) groups is 3. The Bertz CT molecular complexity index is 756. The maximum atomic E-state index is 12.9. The summed E-state index contributed by atoms with van der Waals surface area (Å²) in [5, 5.41) is 3.41. The van der Waals surface area contributed by atoms with Gasteiger partial charge in [-0.15, -0.1) is 0 Å². The SMILES string of the molecule is CC(C)CCOC(=O)CC1C(=O)NCCN1C(=O)C(C)Oc1ccc(Cl)cc1Cl. The lowest BCUT2D eigenvalue weighted by Gasteiger charge is -2.36. The van der Waals surface area contributed by atoms with Crippen molar-refractivity contribution >= 4 is 41.0 Å². The number of ether oxygens (including phenoxy) is 2. The monoisotopic (exact) mass is 444 g/mol. The molecule has 1 aromatic carbocycles. The van der Waals surface area contributed by atoms with E-state index < -0.39 is 24.0 Å². The van der Waals surface area contributed by atoms with E-state index in [1.807, 2.05) is 13.8 Å². The molecule has 160 valence electrons. The van der Waals surface area contributed by atoms with Crippen molar-refractivity contribution in [1.82, 2.24) is 10.2 Å². The zero-order chi connectivity index (χ0) is 21.6. The lowest BCUT2D eigenvalue weighted by atomic mass is 10.1. The molecule has 2 unspecified atom stereocenters. The van der Waals surface area contributed by atoms with E-state index in [1.165, 1.54) is 11.0 Å². The molecule has 7 nitrogen and oxygen atoms in total. The van der Waals surface area contributed by atoms with Gasteiger partial charge < -0.3 is 19.7 Å². The third-order valence-electron chi connectivity index (χ3n) is 4.48. The van der Waals surface area contributed by atoms with Gasteiger partial charge in [-0.2, -0.15) is 0 Å². The first kappa shape index (κ1) is 23.3. The highest BCUT2D eigenvalue weighted by atomic mass is 35.5. The Morgan fingerprint density at radius 2 is 2.00 bits per heavy atom. The fraction of sp³-hybridized carbons (Fsp3) is 0.550. The van der Waals surface area contributed by atoms with Crippen LogP contribution in [0.4, 0.5) is 0 Å². The maximum absolute atomic E-state index is 12.9. The average Bonchev–Trinajstić information content (AvgIpc) is 2.64. The summed E-state index contributed by atoms with van der Waals surface area (Å²) in [4.78, 5) is 38.7. The summed E-state index contributed by atoms with van der Waals surface area (Å²) in [5.41, 5.74) is 0. The normalized spacial score (nSPS) is 17.7. The Morgan fingerprint density at radius 3 is 2.66 bits per heavy atom. The van der Waals surface area contributed by atoms with Crippen LogP contribution in [0.25, 0.3) is 0 Å². The molecule has 0 saturated carbocycles. The lowest BCUT2D eigenvalue weighted by molar-refractivity contribution is -0.154. The molecule has 9 heteroatoms. The Morgan fingerprint density at radius 1 is 1.28 bits per heavy atom. The van der Waals surface area contributed by atoms with Crippen molar-refractivity contribution in [3.63, 3.8) is 0 Å². The number of nitrogens with zero attached hydrogens (tertiary/aromatic N) is 1. The lowest BCUT2D eigenvalue weighted by Crippen LogP contribution is -2.60.